The summed E-state index contributed by atoms with van der Waals surface area (Å²) in [6, 6.07) is 53.1. The number of hydrogen-bond donors (Lipinski definition) is 2. The second kappa shape index (κ2) is 13.6. The third-order valence-corrected chi connectivity index (χ3v) is 11.1. The first-order valence-corrected chi connectivity index (χ1v) is 18.1. The third-order valence-electron chi connectivity index (χ3n) is 11.1. The monoisotopic (exact) mass is 703 g/mol. The van der Waals surface area contributed by atoms with Gasteiger partial charge in [0.25, 0.3) is 5.91 Å². The number of amides is 1. The number of aromatic nitrogens is 1. The van der Waals surface area contributed by atoms with Crippen molar-refractivity contribution < 1.29 is 9.59 Å². The fourth-order valence-corrected chi connectivity index (χ4v) is 8.91. The van der Waals surface area contributed by atoms with Crippen LogP contribution < -0.4 is 15.5 Å². The van der Waals surface area contributed by atoms with Crippen molar-refractivity contribution in [3.63, 3.8) is 0 Å². The first-order valence-electron chi connectivity index (χ1n) is 18.1. The number of rotatable bonds is 9. The molecule has 1 amide bonds. The summed E-state index contributed by atoms with van der Waals surface area (Å²) >= 11 is 0. The minimum Gasteiger partial charge on any atom is -0.356 e. The highest BCUT2D eigenvalue weighted by molar-refractivity contribution is 6.00. The SMILES string of the molecule is O=C=CC(NC(=O)C1=C2Nc3ccccc3C23[C@H](C=C1)N(c1ccncc1)CN3C(c1ccccc1)(c1ccccc1)c1ccccc1)c1ccccc1. The third kappa shape index (κ3) is 5.06. The molecule has 6 aromatic rings. The fraction of sp³-hybridized carbons (Fsp3) is 0.106. The number of para-hydroxylation sites is 1. The van der Waals surface area contributed by atoms with Gasteiger partial charge in [0.15, 0.2) is 0 Å². The van der Waals surface area contributed by atoms with E-state index >= 15 is 0 Å². The molecule has 5 aromatic carbocycles. The second-order valence-corrected chi connectivity index (χ2v) is 13.7. The van der Waals surface area contributed by atoms with Crippen LogP contribution in [0, 0.1) is 0 Å². The van der Waals surface area contributed by atoms with Crippen molar-refractivity contribution in [2.75, 3.05) is 16.9 Å². The second-order valence-electron chi connectivity index (χ2n) is 13.7. The molecule has 7 heteroatoms. The minimum atomic E-state index is -0.911. The lowest BCUT2D eigenvalue weighted by molar-refractivity contribution is -0.117. The van der Waals surface area contributed by atoms with E-state index < -0.39 is 17.1 Å². The molecular formula is C47H37N5O2. The van der Waals surface area contributed by atoms with E-state index in [0.29, 0.717) is 12.2 Å². The highest BCUT2D eigenvalue weighted by Crippen LogP contribution is 2.62. The molecule has 1 aliphatic carbocycles. The Hall–Kier alpha value is -6.79. The molecule has 1 fully saturated rings. The van der Waals surface area contributed by atoms with Crippen molar-refractivity contribution in [2.24, 2.45) is 0 Å². The Morgan fingerprint density at radius 2 is 1.33 bits per heavy atom. The smallest absolute Gasteiger partial charge is 0.253 e. The van der Waals surface area contributed by atoms with Gasteiger partial charge in [0.1, 0.15) is 11.5 Å². The zero-order valence-electron chi connectivity index (χ0n) is 29.4. The molecule has 0 bridgehead atoms. The molecule has 0 radical (unpaired) electrons. The molecule has 54 heavy (non-hydrogen) atoms. The van der Waals surface area contributed by atoms with Crippen molar-refractivity contribution >= 4 is 23.2 Å². The zero-order valence-corrected chi connectivity index (χ0v) is 29.4. The quantitative estimate of drug-likeness (QED) is 0.118. The van der Waals surface area contributed by atoms with E-state index in [1.54, 1.807) is 0 Å². The largest absolute Gasteiger partial charge is 0.356 e. The molecule has 3 heterocycles. The van der Waals surface area contributed by atoms with Crippen LogP contribution in [-0.2, 0) is 20.7 Å². The maximum absolute atomic E-state index is 14.8. The molecule has 3 aliphatic rings. The van der Waals surface area contributed by atoms with Gasteiger partial charge >= 0.3 is 0 Å². The number of carbonyl (C=O) groups excluding carboxylic acids is 2. The average molecular weight is 704 g/mol. The van der Waals surface area contributed by atoms with Gasteiger partial charge in [0.05, 0.1) is 35.6 Å². The average Bonchev–Trinajstić information content (AvgIpc) is 3.78. The molecule has 3 atom stereocenters. The van der Waals surface area contributed by atoms with E-state index in [1.165, 1.54) is 6.08 Å². The molecule has 1 saturated heterocycles. The summed E-state index contributed by atoms with van der Waals surface area (Å²) in [5.41, 5.74) is 6.59. The normalized spacial score (nSPS) is 19.2. The molecule has 7 nitrogen and oxygen atoms in total. The summed E-state index contributed by atoms with van der Waals surface area (Å²) in [6.45, 7) is 0.493. The van der Waals surface area contributed by atoms with Crippen molar-refractivity contribution in [3.05, 3.63) is 227 Å². The highest BCUT2D eigenvalue weighted by Gasteiger charge is 2.66. The highest BCUT2D eigenvalue weighted by atomic mass is 16.1. The predicted molar refractivity (Wildman–Crippen MR) is 212 cm³/mol. The summed E-state index contributed by atoms with van der Waals surface area (Å²) in [7, 11) is 0. The Morgan fingerprint density at radius 3 is 1.93 bits per heavy atom. The van der Waals surface area contributed by atoms with E-state index in [9.17, 15) is 9.59 Å². The van der Waals surface area contributed by atoms with E-state index in [2.05, 4.69) is 153 Å². The molecule has 2 N–H and O–H groups in total. The maximum Gasteiger partial charge on any atom is 0.253 e. The topological polar surface area (TPSA) is 77.6 Å². The van der Waals surface area contributed by atoms with Crippen LogP contribution in [0.15, 0.2) is 200 Å². The summed E-state index contributed by atoms with van der Waals surface area (Å²) < 4.78 is 0. The summed E-state index contributed by atoms with van der Waals surface area (Å²) in [6.07, 6.45) is 9.12. The molecule has 2 aliphatic heterocycles. The number of pyridine rings is 1. The number of carbonyl (C=O) groups is 1. The van der Waals surface area contributed by atoms with Gasteiger partial charge < -0.3 is 15.5 Å². The molecule has 0 saturated carbocycles. The van der Waals surface area contributed by atoms with Crippen LogP contribution in [0.1, 0.15) is 33.9 Å². The minimum absolute atomic E-state index is 0.252. The number of anilines is 2. The fourth-order valence-electron chi connectivity index (χ4n) is 8.91. The van der Waals surface area contributed by atoms with Crippen LogP contribution in [0.5, 0.6) is 0 Å². The lowest BCUT2D eigenvalue weighted by Crippen LogP contribution is -2.59. The Balaban J connectivity index is 1.35. The Labute approximate surface area is 314 Å². The number of nitrogens with one attached hydrogen (secondary N) is 2. The van der Waals surface area contributed by atoms with Crippen molar-refractivity contribution in [3.8, 4) is 0 Å². The van der Waals surface area contributed by atoms with Gasteiger partial charge in [-0.1, -0.05) is 146 Å². The molecule has 1 spiro atoms. The first-order chi connectivity index (χ1) is 26.7. The standard InChI is InChI=1S/C47H37N5O2/c53-32-29-41(34-15-5-1-6-16-34)50-45(54)39-25-26-43-47(40-23-13-14-24-42(40)49-44(39)47)52(33-51(43)38-27-30-48-31-28-38)46(35-17-7-2-8-18-35,36-19-9-3-10-20-36)37-21-11-4-12-22-37/h1-31,41,43,49H,33H2,(H,50,54)/t41?,43-,47?/m0/s1. The van der Waals surface area contributed by atoms with Gasteiger partial charge in [-0.2, -0.15) is 0 Å². The van der Waals surface area contributed by atoms with Crippen LogP contribution in [0.4, 0.5) is 11.4 Å². The molecule has 9 rings (SSSR count). The van der Waals surface area contributed by atoms with Crippen LogP contribution in [0.25, 0.3) is 0 Å². The van der Waals surface area contributed by atoms with E-state index in [1.807, 2.05) is 60.8 Å². The molecule has 262 valence electrons. The lowest BCUT2D eigenvalue weighted by Gasteiger charge is -2.52. The predicted octanol–water partition coefficient (Wildman–Crippen LogP) is 7.91. The number of hydrogen-bond acceptors (Lipinski definition) is 6. The van der Waals surface area contributed by atoms with Crippen LogP contribution in [0.2, 0.25) is 0 Å². The summed E-state index contributed by atoms with van der Waals surface area (Å²) in [5.74, 6) is 1.62. The van der Waals surface area contributed by atoms with Gasteiger partial charge in [-0.15, -0.1) is 0 Å². The van der Waals surface area contributed by atoms with Crippen LogP contribution in [-0.4, -0.2) is 34.4 Å². The summed E-state index contributed by atoms with van der Waals surface area (Å²) in [5, 5.41) is 6.97. The zero-order chi connectivity index (χ0) is 36.5. The number of nitrogens with zero attached hydrogens (tertiary/aromatic N) is 3. The van der Waals surface area contributed by atoms with Gasteiger partial charge in [-0.05, 0) is 46.5 Å². The Morgan fingerprint density at radius 1 is 0.778 bits per heavy atom. The van der Waals surface area contributed by atoms with Crippen LogP contribution in [0.3, 0.4) is 0 Å². The van der Waals surface area contributed by atoms with E-state index in [0.717, 1.165) is 44.9 Å². The van der Waals surface area contributed by atoms with Crippen molar-refractivity contribution in [2.45, 2.75) is 23.2 Å². The lowest BCUT2D eigenvalue weighted by atomic mass is 9.69. The Bertz CT molecular complexity index is 2320. The molecule has 2 unspecified atom stereocenters. The van der Waals surface area contributed by atoms with E-state index in [4.69, 9.17) is 0 Å². The van der Waals surface area contributed by atoms with Gasteiger partial charge in [-0.3, -0.25) is 14.7 Å². The van der Waals surface area contributed by atoms with E-state index in [-0.39, 0.29) is 11.9 Å². The van der Waals surface area contributed by atoms with Crippen LogP contribution >= 0.6 is 0 Å². The van der Waals surface area contributed by atoms with Gasteiger partial charge in [0.2, 0.25) is 0 Å². The Kier molecular flexibility index (Phi) is 8.35. The van der Waals surface area contributed by atoms with Crippen molar-refractivity contribution in [1.29, 1.82) is 0 Å². The number of benzene rings is 5. The summed E-state index contributed by atoms with van der Waals surface area (Å²) in [4.78, 5) is 36.0. The molecular weight excluding hydrogens is 667 g/mol. The number of fused-ring (bicyclic) bond motifs is 1. The first kappa shape index (κ1) is 33.1. The molecule has 1 aromatic heterocycles. The van der Waals surface area contributed by atoms with Gasteiger partial charge in [0, 0.05) is 35.4 Å². The van der Waals surface area contributed by atoms with Crippen molar-refractivity contribution in [1.82, 2.24) is 15.2 Å². The van der Waals surface area contributed by atoms with Gasteiger partial charge in [-0.25, -0.2) is 4.79 Å². The maximum atomic E-state index is 14.8.